The number of nitrogens with zero attached hydrogens (tertiary/aromatic N) is 3. The highest BCUT2D eigenvalue weighted by Gasteiger charge is 2.36. The Hall–Kier alpha value is -2.47. The van der Waals surface area contributed by atoms with E-state index in [1.54, 1.807) is 10.7 Å². The second-order valence-corrected chi connectivity index (χ2v) is 8.23. The van der Waals surface area contributed by atoms with Gasteiger partial charge in [-0.1, -0.05) is 24.3 Å². The second-order valence-electron chi connectivity index (χ2n) is 8.23. The molecule has 28 heavy (non-hydrogen) atoms. The lowest BCUT2D eigenvalue weighted by molar-refractivity contribution is -0.152. The van der Waals surface area contributed by atoms with E-state index in [1.165, 1.54) is 11.1 Å². The quantitative estimate of drug-likeness (QED) is 0.815. The van der Waals surface area contributed by atoms with E-state index in [9.17, 15) is 9.59 Å². The second kappa shape index (κ2) is 7.17. The Morgan fingerprint density at radius 2 is 1.89 bits per heavy atom. The lowest BCUT2D eigenvalue weighted by Gasteiger charge is -2.41. The molecule has 1 saturated heterocycles. The van der Waals surface area contributed by atoms with E-state index in [0.29, 0.717) is 32.7 Å². The van der Waals surface area contributed by atoms with Crippen molar-refractivity contribution in [2.45, 2.75) is 51.4 Å². The van der Waals surface area contributed by atoms with Crippen LogP contribution in [0.3, 0.4) is 0 Å². The van der Waals surface area contributed by atoms with Gasteiger partial charge in [0.25, 0.3) is 11.5 Å². The standard InChI is InChI=1S/C22H25N3O3/c26-21-10-17-6-3-4-8-19(17)23-25(21)13-15-11-24(12-15)22(27)20-9-16-5-1-2-7-18(16)14-28-20/h1-2,5,7,10,15,20H,3-4,6,8-9,11-14H2. The van der Waals surface area contributed by atoms with Crippen LogP contribution in [0.4, 0.5) is 0 Å². The molecule has 0 saturated carbocycles. The fourth-order valence-electron chi connectivity index (χ4n) is 4.55. The number of amides is 1. The first kappa shape index (κ1) is 17.6. The molecule has 1 aromatic carbocycles. The Kier molecular flexibility index (Phi) is 4.51. The highest BCUT2D eigenvalue weighted by atomic mass is 16.5. The third kappa shape index (κ3) is 3.26. The molecule has 0 radical (unpaired) electrons. The van der Waals surface area contributed by atoms with E-state index in [4.69, 9.17) is 4.74 Å². The zero-order valence-corrected chi connectivity index (χ0v) is 16.0. The molecule has 2 aromatic rings. The van der Waals surface area contributed by atoms with Gasteiger partial charge in [0, 0.05) is 31.5 Å². The maximum atomic E-state index is 12.8. The van der Waals surface area contributed by atoms with Crippen molar-refractivity contribution in [1.29, 1.82) is 0 Å². The van der Waals surface area contributed by atoms with Crippen molar-refractivity contribution in [3.63, 3.8) is 0 Å². The van der Waals surface area contributed by atoms with E-state index in [1.807, 2.05) is 17.0 Å². The minimum atomic E-state index is -0.388. The van der Waals surface area contributed by atoms with Crippen LogP contribution in [0, 0.1) is 5.92 Å². The summed E-state index contributed by atoms with van der Waals surface area (Å²) in [6.45, 7) is 2.43. The predicted octanol–water partition coefficient (Wildman–Crippen LogP) is 1.72. The first-order valence-electron chi connectivity index (χ1n) is 10.2. The van der Waals surface area contributed by atoms with Gasteiger partial charge in [-0.05, 0) is 42.4 Å². The summed E-state index contributed by atoms with van der Waals surface area (Å²) in [5.41, 5.74) is 4.55. The van der Waals surface area contributed by atoms with Crippen molar-refractivity contribution >= 4 is 5.91 Å². The third-order valence-corrected chi connectivity index (χ3v) is 6.21. The number of aromatic nitrogens is 2. The Bertz CT molecular complexity index is 962. The summed E-state index contributed by atoms with van der Waals surface area (Å²) in [5, 5.41) is 4.60. The van der Waals surface area contributed by atoms with Gasteiger partial charge in [-0.2, -0.15) is 5.10 Å². The fraction of sp³-hybridized carbons (Fsp3) is 0.500. The summed E-state index contributed by atoms with van der Waals surface area (Å²) in [6, 6.07) is 9.90. The summed E-state index contributed by atoms with van der Waals surface area (Å²) < 4.78 is 7.40. The largest absolute Gasteiger partial charge is 0.363 e. The Morgan fingerprint density at radius 3 is 2.75 bits per heavy atom. The topological polar surface area (TPSA) is 64.4 Å². The molecule has 1 amide bonds. The molecule has 146 valence electrons. The first-order valence-corrected chi connectivity index (χ1v) is 10.2. The van der Waals surface area contributed by atoms with Crippen molar-refractivity contribution in [2.24, 2.45) is 5.92 Å². The summed E-state index contributed by atoms with van der Waals surface area (Å²) in [5.74, 6) is 0.350. The average molecular weight is 379 g/mol. The number of likely N-dealkylation sites (tertiary alicyclic amines) is 1. The van der Waals surface area contributed by atoms with Gasteiger partial charge < -0.3 is 9.64 Å². The molecule has 0 N–H and O–H groups in total. The molecule has 5 rings (SSSR count). The SMILES string of the molecule is O=C(C1Cc2ccccc2CO1)N1CC(Cn2nc3c(cc2=O)CCCC3)C1. The van der Waals surface area contributed by atoms with Crippen molar-refractivity contribution in [2.75, 3.05) is 13.1 Å². The van der Waals surface area contributed by atoms with Gasteiger partial charge in [-0.3, -0.25) is 9.59 Å². The van der Waals surface area contributed by atoms with E-state index in [0.717, 1.165) is 36.9 Å². The molecule has 6 nitrogen and oxygen atoms in total. The van der Waals surface area contributed by atoms with Crippen molar-refractivity contribution in [3.8, 4) is 0 Å². The number of fused-ring (bicyclic) bond motifs is 2. The number of hydrogen-bond acceptors (Lipinski definition) is 4. The summed E-state index contributed by atoms with van der Waals surface area (Å²) in [6.07, 6.45) is 4.47. The van der Waals surface area contributed by atoms with Gasteiger partial charge in [0.2, 0.25) is 0 Å². The molecule has 0 spiro atoms. The number of carbonyl (C=O) groups is 1. The van der Waals surface area contributed by atoms with Crippen LogP contribution in [0.5, 0.6) is 0 Å². The number of aryl methyl sites for hydroxylation is 2. The van der Waals surface area contributed by atoms with Crippen molar-refractivity contribution < 1.29 is 9.53 Å². The maximum Gasteiger partial charge on any atom is 0.267 e. The highest BCUT2D eigenvalue weighted by molar-refractivity contribution is 5.82. The number of carbonyl (C=O) groups excluding carboxylic acids is 1. The normalized spacial score (nSPS) is 21.6. The molecular formula is C22H25N3O3. The van der Waals surface area contributed by atoms with Gasteiger partial charge in [-0.15, -0.1) is 0 Å². The number of rotatable bonds is 3. The molecule has 1 aromatic heterocycles. The van der Waals surface area contributed by atoms with Crippen LogP contribution in [0.1, 0.15) is 35.2 Å². The number of hydrogen-bond donors (Lipinski definition) is 0. The zero-order chi connectivity index (χ0) is 19.1. The van der Waals surface area contributed by atoms with Gasteiger partial charge in [0.05, 0.1) is 18.8 Å². The summed E-state index contributed by atoms with van der Waals surface area (Å²) in [7, 11) is 0. The monoisotopic (exact) mass is 379 g/mol. The van der Waals surface area contributed by atoms with Crippen LogP contribution in [-0.2, 0) is 41.9 Å². The first-order chi connectivity index (χ1) is 13.7. The highest BCUT2D eigenvalue weighted by Crippen LogP contribution is 2.25. The summed E-state index contributed by atoms with van der Waals surface area (Å²) >= 11 is 0. The minimum absolute atomic E-state index is 0.0161. The van der Waals surface area contributed by atoms with Crippen LogP contribution in [-0.4, -0.2) is 39.8 Å². The molecule has 3 aliphatic rings. The third-order valence-electron chi connectivity index (χ3n) is 6.21. The fourth-order valence-corrected chi connectivity index (χ4v) is 4.55. The average Bonchev–Trinajstić information content (AvgIpc) is 2.69. The molecule has 1 atom stereocenters. The van der Waals surface area contributed by atoms with Gasteiger partial charge in [-0.25, -0.2) is 4.68 Å². The van der Waals surface area contributed by atoms with Gasteiger partial charge >= 0.3 is 0 Å². The molecule has 2 aliphatic heterocycles. The zero-order valence-electron chi connectivity index (χ0n) is 16.0. The van der Waals surface area contributed by atoms with E-state index >= 15 is 0 Å². The van der Waals surface area contributed by atoms with E-state index in [2.05, 4.69) is 17.2 Å². The Balaban J connectivity index is 1.19. The van der Waals surface area contributed by atoms with Crippen LogP contribution in [0.2, 0.25) is 0 Å². The van der Waals surface area contributed by atoms with Crippen LogP contribution >= 0.6 is 0 Å². The molecule has 1 aliphatic carbocycles. The van der Waals surface area contributed by atoms with Crippen LogP contribution < -0.4 is 5.56 Å². The Morgan fingerprint density at radius 1 is 1.11 bits per heavy atom. The van der Waals surface area contributed by atoms with Gasteiger partial charge in [0.15, 0.2) is 0 Å². The van der Waals surface area contributed by atoms with Gasteiger partial charge in [0.1, 0.15) is 6.10 Å². The molecule has 0 bridgehead atoms. The van der Waals surface area contributed by atoms with Crippen molar-refractivity contribution in [1.82, 2.24) is 14.7 Å². The molecule has 1 unspecified atom stereocenters. The Labute approximate surface area is 164 Å². The lowest BCUT2D eigenvalue weighted by Crippen LogP contribution is -2.56. The van der Waals surface area contributed by atoms with E-state index < -0.39 is 0 Å². The lowest BCUT2D eigenvalue weighted by atomic mass is 9.95. The van der Waals surface area contributed by atoms with E-state index in [-0.39, 0.29) is 23.5 Å². The molecule has 6 heteroatoms. The molecular weight excluding hydrogens is 354 g/mol. The van der Waals surface area contributed by atoms with Crippen LogP contribution in [0.15, 0.2) is 35.1 Å². The molecule has 1 fully saturated rings. The smallest absolute Gasteiger partial charge is 0.267 e. The van der Waals surface area contributed by atoms with Crippen molar-refractivity contribution in [3.05, 3.63) is 63.1 Å². The minimum Gasteiger partial charge on any atom is -0.363 e. The number of ether oxygens (including phenoxy) is 1. The molecule has 3 heterocycles. The van der Waals surface area contributed by atoms with Crippen LogP contribution in [0.25, 0.3) is 0 Å². The summed E-state index contributed by atoms with van der Waals surface area (Å²) in [4.78, 5) is 27.0. The predicted molar refractivity (Wildman–Crippen MR) is 104 cm³/mol. The maximum absolute atomic E-state index is 12.8. The number of benzene rings is 1.